The van der Waals surface area contributed by atoms with Gasteiger partial charge in [-0.2, -0.15) is 13.2 Å². The molecule has 1 aliphatic carbocycles. The van der Waals surface area contributed by atoms with Gasteiger partial charge in [0.25, 0.3) is 0 Å². The maximum Gasteiger partial charge on any atom is 0.416 e. The van der Waals surface area contributed by atoms with Crippen LogP contribution in [0.4, 0.5) is 13.2 Å². The van der Waals surface area contributed by atoms with Gasteiger partial charge in [-0.1, -0.05) is 43.3 Å². The summed E-state index contributed by atoms with van der Waals surface area (Å²) < 4.78 is 41.2. The van der Waals surface area contributed by atoms with E-state index >= 15 is 0 Å². The molecule has 1 atom stereocenters. The van der Waals surface area contributed by atoms with Crippen LogP contribution in [0, 0.1) is 0 Å². The molecule has 1 aliphatic rings. The number of alkyl halides is 3. The van der Waals surface area contributed by atoms with Crippen molar-refractivity contribution in [2.45, 2.75) is 50.7 Å². The third kappa shape index (κ3) is 4.02. The first-order valence-corrected chi connectivity index (χ1v) is 9.92. The topological polar surface area (TPSA) is 44.9 Å². The highest BCUT2D eigenvalue weighted by Crippen LogP contribution is 2.41. The number of para-hydroxylation sites is 1. The monoisotopic (exact) mass is 400 g/mol. The summed E-state index contributed by atoms with van der Waals surface area (Å²) in [5.74, 6) is -0.900. The van der Waals surface area contributed by atoms with Crippen molar-refractivity contribution in [1.29, 1.82) is 0 Å². The highest BCUT2D eigenvalue weighted by atomic mass is 19.4. The number of carbonyl (C=O) groups excluding carboxylic acids is 1. The lowest BCUT2D eigenvalue weighted by atomic mass is 9.84. The SMILES string of the molecule is CCc1cccc2c(C(CC(=O)NC3CC3)c3ccccc3C(F)(F)F)c[nH]c12. The Bertz CT molecular complexity index is 1030. The summed E-state index contributed by atoms with van der Waals surface area (Å²) in [5.41, 5.74) is 2.18. The molecule has 0 radical (unpaired) electrons. The van der Waals surface area contributed by atoms with E-state index in [4.69, 9.17) is 0 Å². The van der Waals surface area contributed by atoms with Crippen LogP contribution in [0.25, 0.3) is 10.9 Å². The number of hydrogen-bond acceptors (Lipinski definition) is 1. The van der Waals surface area contributed by atoms with Gasteiger partial charge >= 0.3 is 6.18 Å². The Morgan fingerprint density at radius 1 is 1.14 bits per heavy atom. The fourth-order valence-corrected chi connectivity index (χ4v) is 3.97. The molecule has 0 saturated heterocycles. The number of aromatic nitrogens is 1. The molecular weight excluding hydrogens is 377 g/mol. The lowest BCUT2D eigenvalue weighted by Crippen LogP contribution is -2.27. The van der Waals surface area contributed by atoms with Crippen LogP contribution in [0.3, 0.4) is 0 Å². The molecule has 152 valence electrons. The Hall–Kier alpha value is -2.76. The van der Waals surface area contributed by atoms with Crippen molar-refractivity contribution in [3.05, 3.63) is 70.9 Å². The average Bonchev–Trinajstić information content (AvgIpc) is 3.40. The van der Waals surface area contributed by atoms with Gasteiger partial charge in [-0.3, -0.25) is 4.79 Å². The minimum absolute atomic E-state index is 0.0209. The molecule has 1 saturated carbocycles. The highest BCUT2D eigenvalue weighted by molar-refractivity contribution is 5.88. The smallest absolute Gasteiger partial charge is 0.361 e. The summed E-state index contributed by atoms with van der Waals surface area (Å²) >= 11 is 0. The van der Waals surface area contributed by atoms with Crippen molar-refractivity contribution in [3.63, 3.8) is 0 Å². The van der Waals surface area contributed by atoms with Gasteiger partial charge in [0.05, 0.1) is 5.56 Å². The molecule has 2 aromatic carbocycles. The van der Waals surface area contributed by atoms with Crippen LogP contribution >= 0.6 is 0 Å². The van der Waals surface area contributed by atoms with Crippen LogP contribution in [-0.4, -0.2) is 16.9 Å². The van der Waals surface area contributed by atoms with E-state index < -0.39 is 17.7 Å². The Kier molecular flexibility index (Phi) is 5.11. The Labute approximate surface area is 167 Å². The lowest BCUT2D eigenvalue weighted by molar-refractivity contribution is -0.138. The zero-order valence-corrected chi connectivity index (χ0v) is 16.1. The zero-order chi connectivity index (χ0) is 20.6. The molecule has 0 aliphatic heterocycles. The normalized spacial score (nSPS) is 15.4. The van der Waals surface area contributed by atoms with Crippen LogP contribution < -0.4 is 5.32 Å². The molecule has 29 heavy (non-hydrogen) atoms. The van der Waals surface area contributed by atoms with Crippen molar-refractivity contribution < 1.29 is 18.0 Å². The number of amides is 1. The maximum absolute atomic E-state index is 13.7. The Balaban J connectivity index is 1.83. The Morgan fingerprint density at radius 3 is 2.59 bits per heavy atom. The number of benzene rings is 2. The van der Waals surface area contributed by atoms with E-state index in [1.807, 2.05) is 25.1 Å². The summed E-state index contributed by atoms with van der Waals surface area (Å²) in [4.78, 5) is 15.8. The van der Waals surface area contributed by atoms with Gasteiger partial charge in [0.15, 0.2) is 0 Å². The number of rotatable bonds is 6. The van der Waals surface area contributed by atoms with E-state index in [0.717, 1.165) is 47.4 Å². The molecule has 3 nitrogen and oxygen atoms in total. The molecule has 4 rings (SSSR count). The fourth-order valence-electron chi connectivity index (χ4n) is 3.97. The van der Waals surface area contributed by atoms with Gasteiger partial charge in [-0.15, -0.1) is 0 Å². The first-order valence-electron chi connectivity index (χ1n) is 9.92. The van der Waals surface area contributed by atoms with Crippen molar-refractivity contribution in [2.75, 3.05) is 0 Å². The standard InChI is InChI=1S/C23H23F3N2O/c1-2-14-6-5-8-17-19(13-27-22(14)17)18(12-21(29)28-15-10-11-15)16-7-3-4-9-20(16)23(24,25)26/h3-9,13,15,18,27H,2,10-12H2,1H3,(H,28,29). The van der Waals surface area contributed by atoms with E-state index in [-0.39, 0.29) is 23.9 Å². The molecule has 1 aromatic heterocycles. The molecule has 1 fully saturated rings. The predicted molar refractivity (Wildman–Crippen MR) is 107 cm³/mol. The van der Waals surface area contributed by atoms with Crippen LogP contribution in [0.1, 0.15) is 54.4 Å². The second-order valence-electron chi connectivity index (χ2n) is 7.62. The van der Waals surface area contributed by atoms with Crippen LogP contribution in [0.5, 0.6) is 0 Å². The second kappa shape index (κ2) is 7.58. The average molecular weight is 400 g/mol. The van der Waals surface area contributed by atoms with E-state index in [0.29, 0.717) is 0 Å². The largest absolute Gasteiger partial charge is 0.416 e. The minimum atomic E-state index is -4.48. The van der Waals surface area contributed by atoms with Gasteiger partial charge in [0.2, 0.25) is 5.91 Å². The Morgan fingerprint density at radius 2 is 1.90 bits per heavy atom. The highest BCUT2D eigenvalue weighted by Gasteiger charge is 2.36. The van der Waals surface area contributed by atoms with E-state index in [2.05, 4.69) is 10.3 Å². The van der Waals surface area contributed by atoms with Gasteiger partial charge in [0, 0.05) is 35.5 Å². The van der Waals surface area contributed by atoms with Crippen molar-refractivity contribution in [3.8, 4) is 0 Å². The summed E-state index contributed by atoms with van der Waals surface area (Å²) in [6.45, 7) is 2.04. The van der Waals surface area contributed by atoms with Gasteiger partial charge in [0.1, 0.15) is 0 Å². The third-order valence-electron chi connectivity index (χ3n) is 5.56. The molecule has 0 bridgehead atoms. The minimum Gasteiger partial charge on any atom is -0.361 e. The molecule has 0 spiro atoms. The van der Waals surface area contributed by atoms with Gasteiger partial charge < -0.3 is 10.3 Å². The molecule has 3 aromatic rings. The molecule has 1 amide bonds. The zero-order valence-electron chi connectivity index (χ0n) is 16.1. The summed E-state index contributed by atoms with van der Waals surface area (Å²) in [5, 5.41) is 3.78. The number of carbonyl (C=O) groups is 1. The van der Waals surface area contributed by atoms with Crippen molar-refractivity contribution >= 4 is 16.8 Å². The number of nitrogens with one attached hydrogen (secondary N) is 2. The van der Waals surface area contributed by atoms with Gasteiger partial charge in [-0.25, -0.2) is 0 Å². The maximum atomic E-state index is 13.7. The van der Waals surface area contributed by atoms with Crippen molar-refractivity contribution in [1.82, 2.24) is 10.3 Å². The molecule has 2 N–H and O–H groups in total. The summed E-state index contributed by atoms with van der Waals surface area (Å²) in [6, 6.07) is 11.5. The number of halogens is 3. The fraction of sp³-hybridized carbons (Fsp3) is 0.348. The predicted octanol–water partition coefficient (Wildman–Crippen LogP) is 5.55. The number of aromatic amines is 1. The number of fused-ring (bicyclic) bond motifs is 1. The molecule has 6 heteroatoms. The van der Waals surface area contributed by atoms with Crippen LogP contribution in [0.2, 0.25) is 0 Å². The lowest BCUT2D eigenvalue weighted by Gasteiger charge is -2.21. The van der Waals surface area contributed by atoms with Gasteiger partial charge in [-0.05, 0) is 42.0 Å². The van der Waals surface area contributed by atoms with E-state index in [1.54, 1.807) is 12.3 Å². The summed E-state index contributed by atoms with van der Waals surface area (Å²) in [6.07, 6.45) is -0.0737. The molecular formula is C23H23F3N2O. The van der Waals surface area contributed by atoms with Crippen molar-refractivity contribution in [2.24, 2.45) is 0 Å². The first kappa shape index (κ1) is 19.6. The van der Waals surface area contributed by atoms with Crippen LogP contribution in [0.15, 0.2) is 48.7 Å². The van der Waals surface area contributed by atoms with E-state index in [1.165, 1.54) is 12.1 Å². The number of aryl methyl sites for hydroxylation is 1. The third-order valence-corrected chi connectivity index (χ3v) is 5.56. The first-order chi connectivity index (χ1) is 13.9. The van der Waals surface area contributed by atoms with Crippen LogP contribution in [-0.2, 0) is 17.4 Å². The number of H-pyrrole nitrogens is 1. The molecule has 1 heterocycles. The quantitative estimate of drug-likeness (QED) is 0.560. The number of hydrogen-bond donors (Lipinski definition) is 2. The van der Waals surface area contributed by atoms with E-state index in [9.17, 15) is 18.0 Å². The summed E-state index contributed by atoms with van der Waals surface area (Å²) in [7, 11) is 0. The molecule has 1 unspecified atom stereocenters. The second-order valence-corrected chi connectivity index (χ2v) is 7.62.